The number of aliphatic carboxylic acids is 1. The molecule has 0 amide bonds. The second kappa shape index (κ2) is 6.26. The number of dihydropyridines is 1. The summed E-state index contributed by atoms with van der Waals surface area (Å²) >= 11 is 0. The van der Waals surface area contributed by atoms with Crippen LogP contribution in [0.5, 0.6) is 0 Å². The van der Waals surface area contributed by atoms with Crippen molar-refractivity contribution < 1.29 is 25.5 Å². The smallest absolute Gasteiger partial charge is 0.102 e. The van der Waals surface area contributed by atoms with E-state index in [-0.39, 0.29) is 38.7 Å². The lowest BCUT2D eigenvalue weighted by Gasteiger charge is -2.34. The van der Waals surface area contributed by atoms with Crippen LogP contribution >= 0.6 is 0 Å². The number of hydroxylamine groups is 2. The Labute approximate surface area is 131 Å². The van der Waals surface area contributed by atoms with Crippen LogP contribution < -0.4 is 15.6 Å². The molecular formula is C14H15N3O6-2. The monoisotopic (exact) mass is 321 g/mol. The van der Waals surface area contributed by atoms with Gasteiger partial charge >= 0.3 is 0 Å². The fraction of sp³-hybridized carbons (Fsp3) is 0.214. The molecule has 0 aliphatic carbocycles. The molecule has 9 nitrogen and oxygen atoms in total. The van der Waals surface area contributed by atoms with Crippen LogP contribution in [0.4, 0.5) is 5.69 Å². The van der Waals surface area contributed by atoms with E-state index in [1.807, 2.05) is 0 Å². The summed E-state index contributed by atoms with van der Waals surface area (Å²) in [6.45, 7) is 3.04. The number of nitrogens with zero attached hydrogens (tertiary/aromatic N) is 2. The number of carbonyl (C=O) groups is 1. The molecular weight excluding hydrogens is 306 g/mol. The molecule has 1 atom stereocenters. The van der Waals surface area contributed by atoms with Crippen LogP contribution in [-0.2, 0) is 4.79 Å². The number of carboxylic acids is 1. The van der Waals surface area contributed by atoms with Crippen molar-refractivity contribution >= 4 is 11.7 Å². The first-order valence-electron chi connectivity index (χ1n) is 6.58. The predicted molar refractivity (Wildman–Crippen MR) is 75.8 cm³/mol. The first kappa shape index (κ1) is 16.8. The van der Waals surface area contributed by atoms with Crippen molar-refractivity contribution in [3.8, 4) is 0 Å². The van der Waals surface area contributed by atoms with Gasteiger partial charge in [0.1, 0.15) is 5.70 Å². The molecule has 0 bridgehead atoms. The van der Waals surface area contributed by atoms with Gasteiger partial charge in [-0.3, -0.25) is 15.6 Å². The van der Waals surface area contributed by atoms with Gasteiger partial charge in [0, 0.05) is 17.0 Å². The Morgan fingerprint density at radius 1 is 1.22 bits per heavy atom. The highest BCUT2D eigenvalue weighted by Gasteiger charge is 2.32. The van der Waals surface area contributed by atoms with E-state index in [9.17, 15) is 25.5 Å². The molecule has 2 rings (SSSR count). The van der Waals surface area contributed by atoms with Gasteiger partial charge in [-0.1, -0.05) is 12.1 Å². The highest BCUT2D eigenvalue weighted by Crippen LogP contribution is 2.39. The van der Waals surface area contributed by atoms with Gasteiger partial charge in [-0.25, -0.2) is 0 Å². The van der Waals surface area contributed by atoms with E-state index in [1.165, 1.54) is 38.1 Å². The Morgan fingerprint density at radius 2 is 1.87 bits per heavy atom. The Balaban J connectivity index is 2.67. The minimum absolute atomic E-state index is 0.129. The molecule has 4 N–H and O–H groups in total. The molecule has 0 saturated heterocycles. The summed E-state index contributed by atoms with van der Waals surface area (Å²) in [6, 6.07) is 5.49. The van der Waals surface area contributed by atoms with Crippen molar-refractivity contribution in [2.24, 2.45) is 0 Å². The molecule has 0 aromatic heterocycles. The molecule has 1 aliphatic rings. The maximum absolute atomic E-state index is 11.5. The van der Waals surface area contributed by atoms with Crippen molar-refractivity contribution in [2.45, 2.75) is 19.8 Å². The van der Waals surface area contributed by atoms with Gasteiger partial charge in [-0.15, -0.1) is 5.23 Å². The van der Waals surface area contributed by atoms with Crippen LogP contribution in [0, 0.1) is 5.21 Å². The third-order valence-electron chi connectivity index (χ3n) is 3.59. The van der Waals surface area contributed by atoms with E-state index < -0.39 is 11.9 Å². The van der Waals surface area contributed by atoms with Crippen molar-refractivity contribution in [1.29, 1.82) is 0 Å². The Bertz CT molecular complexity index is 696. The summed E-state index contributed by atoms with van der Waals surface area (Å²) in [7, 11) is 0. The summed E-state index contributed by atoms with van der Waals surface area (Å²) in [5.74, 6) is -2.60. The molecule has 0 spiro atoms. The molecule has 0 radical (unpaired) electrons. The van der Waals surface area contributed by atoms with E-state index in [1.54, 1.807) is 0 Å². The predicted octanol–water partition coefficient (Wildman–Crippen LogP) is 0.403. The largest absolute Gasteiger partial charge is 0.733 e. The van der Waals surface area contributed by atoms with E-state index in [4.69, 9.17) is 5.21 Å². The maximum atomic E-state index is 11.5. The van der Waals surface area contributed by atoms with E-state index >= 15 is 0 Å². The Kier molecular flexibility index (Phi) is 4.57. The average molecular weight is 321 g/mol. The number of nitrogens with one attached hydrogen (secondary N) is 1. The zero-order valence-corrected chi connectivity index (χ0v) is 12.3. The lowest BCUT2D eigenvalue weighted by atomic mass is 9.84. The molecule has 0 saturated carbocycles. The Hall–Kier alpha value is -2.59. The topological polar surface area (TPSA) is 142 Å². The van der Waals surface area contributed by atoms with E-state index in [0.717, 1.165) is 0 Å². The number of carbonyl (C=O) groups excluding carboxylic acids is 1. The van der Waals surface area contributed by atoms with E-state index in [2.05, 4.69) is 5.32 Å². The summed E-state index contributed by atoms with van der Waals surface area (Å²) in [4.78, 5) is 11.5. The van der Waals surface area contributed by atoms with Crippen molar-refractivity contribution in [1.82, 2.24) is 10.5 Å². The summed E-state index contributed by atoms with van der Waals surface area (Å²) in [5, 5.41) is 52.7. The molecule has 1 aliphatic heterocycles. The first-order chi connectivity index (χ1) is 10.7. The number of rotatable bonds is 4. The minimum Gasteiger partial charge on any atom is -0.733 e. The van der Waals surface area contributed by atoms with Crippen LogP contribution in [0.1, 0.15) is 25.3 Å². The fourth-order valence-corrected chi connectivity index (χ4v) is 2.67. The van der Waals surface area contributed by atoms with Gasteiger partial charge in [0.15, 0.2) is 0 Å². The molecule has 1 heterocycles. The number of allylic oxidation sites excluding steroid dienone is 3. The van der Waals surface area contributed by atoms with Crippen molar-refractivity contribution in [2.75, 3.05) is 5.23 Å². The fourth-order valence-electron chi connectivity index (χ4n) is 2.67. The SMILES string of the molecule is CC1=C(C(=O)[O-])[C@H](c2cccc(N([O-])O)c2)C(N(O)O)=C(C)N1. The molecule has 0 unspecified atom stereocenters. The number of hydrogen-bond donors (Lipinski definition) is 4. The number of anilines is 1. The number of carboxylic acid groups (broad SMARTS) is 1. The molecule has 23 heavy (non-hydrogen) atoms. The molecule has 9 heteroatoms. The normalized spacial score (nSPS) is 17.9. The highest BCUT2D eigenvalue weighted by molar-refractivity contribution is 5.89. The van der Waals surface area contributed by atoms with Crippen LogP contribution in [0.2, 0.25) is 0 Å². The van der Waals surface area contributed by atoms with Crippen molar-refractivity contribution in [3.63, 3.8) is 0 Å². The van der Waals surface area contributed by atoms with Crippen molar-refractivity contribution in [3.05, 3.63) is 57.7 Å². The molecule has 124 valence electrons. The highest BCUT2D eigenvalue weighted by atomic mass is 16.8. The van der Waals surface area contributed by atoms with Gasteiger partial charge in [-0.2, -0.15) is 0 Å². The zero-order chi connectivity index (χ0) is 17.3. The van der Waals surface area contributed by atoms with Crippen LogP contribution in [0.15, 0.2) is 46.9 Å². The second-order valence-electron chi connectivity index (χ2n) is 5.05. The number of hydrogen-bond acceptors (Lipinski definition) is 9. The number of benzene rings is 1. The zero-order valence-electron chi connectivity index (χ0n) is 12.3. The van der Waals surface area contributed by atoms with Gasteiger partial charge in [0.2, 0.25) is 0 Å². The van der Waals surface area contributed by atoms with Gasteiger partial charge in [0.25, 0.3) is 0 Å². The van der Waals surface area contributed by atoms with Gasteiger partial charge in [0.05, 0.1) is 17.6 Å². The Morgan fingerprint density at radius 3 is 2.39 bits per heavy atom. The summed E-state index contributed by atoms with van der Waals surface area (Å²) in [6.07, 6.45) is 0. The molecule has 1 aromatic carbocycles. The van der Waals surface area contributed by atoms with Crippen LogP contribution in [0.3, 0.4) is 0 Å². The molecule has 0 fully saturated rings. The maximum Gasteiger partial charge on any atom is 0.102 e. The second-order valence-corrected chi connectivity index (χ2v) is 5.05. The molecule has 1 aromatic rings. The third-order valence-corrected chi connectivity index (χ3v) is 3.59. The van der Waals surface area contributed by atoms with E-state index in [0.29, 0.717) is 5.70 Å². The lowest BCUT2D eigenvalue weighted by Crippen LogP contribution is -2.38. The summed E-state index contributed by atoms with van der Waals surface area (Å²) in [5.41, 5.74) is 0.367. The van der Waals surface area contributed by atoms with Gasteiger partial charge in [-0.05, 0) is 31.5 Å². The minimum atomic E-state index is -1.50. The lowest BCUT2D eigenvalue weighted by molar-refractivity contribution is -0.300. The first-order valence-corrected chi connectivity index (χ1v) is 6.58. The quantitative estimate of drug-likeness (QED) is 0.579. The third kappa shape index (κ3) is 3.12. The van der Waals surface area contributed by atoms with Crippen LogP contribution in [-0.4, -0.2) is 26.8 Å². The summed E-state index contributed by atoms with van der Waals surface area (Å²) < 4.78 is 0. The standard InChI is InChI=1S/C14H16N3O6/c1-7-11(14(18)19)12(13(17(22)23)8(2)15-7)9-4-3-5-10(6-9)16(20)21/h3-6,12,15,20,22-23H,1-2H3,(H,18,19)/q-1/p-1/t12-/m0/s1. The average Bonchev–Trinajstić information content (AvgIpc) is 2.45. The van der Waals surface area contributed by atoms with Crippen LogP contribution in [0.25, 0.3) is 0 Å². The van der Waals surface area contributed by atoms with Gasteiger partial charge < -0.3 is 25.7 Å².